The summed E-state index contributed by atoms with van der Waals surface area (Å²) in [6.07, 6.45) is 0.442. The van der Waals surface area contributed by atoms with Crippen LogP contribution in [0.15, 0.2) is 36.4 Å². The Morgan fingerprint density at radius 2 is 1.52 bits per heavy atom. The molecule has 8 heteroatoms. The van der Waals surface area contributed by atoms with E-state index in [1.807, 2.05) is 12.1 Å². The first-order valence-corrected chi connectivity index (χ1v) is 10.0. The van der Waals surface area contributed by atoms with Crippen LogP contribution in [0, 0.1) is 0 Å². The first-order chi connectivity index (χ1) is 14.6. The van der Waals surface area contributed by atoms with Gasteiger partial charge in [0.2, 0.25) is 5.75 Å². The molecule has 0 spiro atoms. The molecular formula is C23H31ClN2O5. The van der Waals surface area contributed by atoms with Gasteiger partial charge in [-0.25, -0.2) is 0 Å². The molecule has 0 aromatic heterocycles. The molecule has 31 heavy (non-hydrogen) atoms. The fourth-order valence-corrected chi connectivity index (χ4v) is 3.68. The second-order valence-corrected chi connectivity index (χ2v) is 7.12. The molecule has 170 valence electrons. The molecule has 7 nitrogen and oxygen atoms in total. The minimum absolute atomic E-state index is 0. The Kier molecular flexibility index (Phi) is 9.27. The van der Waals surface area contributed by atoms with Crippen LogP contribution in [0.3, 0.4) is 0 Å². The Morgan fingerprint density at radius 3 is 2.06 bits per heavy atom. The van der Waals surface area contributed by atoms with Crippen LogP contribution in [0.1, 0.15) is 16.8 Å². The van der Waals surface area contributed by atoms with Crippen molar-refractivity contribution in [1.82, 2.24) is 4.90 Å². The van der Waals surface area contributed by atoms with Gasteiger partial charge in [-0.1, -0.05) is 6.07 Å². The summed E-state index contributed by atoms with van der Waals surface area (Å²) < 4.78 is 21.4. The van der Waals surface area contributed by atoms with Gasteiger partial charge in [-0.05, 0) is 24.3 Å². The highest BCUT2D eigenvalue weighted by Crippen LogP contribution is 2.38. The maximum absolute atomic E-state index is 12.8. The molecule has 2 aromatic carbocycles. The number of rotatable bonds is 9. The monoisotopic (exact) mass is 450 g/mol. The van der Waals surface area contributed by atoms with E-state index >= 15 is 0 Å². The fourth-order valence-electron chi connectivity index (χ4n) is 3.68. The normalized spacial score (nSPS) is 13.9. The highest BCUT2D eigenvalue weighted by Gasteiger charge is 2.20. The highest BCUT2D eigenvalue weighted by atomic mass is 35.5. The van der Waals surface area contributed by atoms with Gasteiger partial charge < -0.3 is 23.8 Å². The number of anilines is 1. The van der Waals surface area contributed by atoms with E-state index in [1.165, 1.54) is 5.69 Å². The average Bonchev–Trinajstić information content (AvgIpc) is 2.81. The lowest BCUT2D eigenvalue weighted by Gasteiger charge is -2.36. The molecule has 1 fully saturated rings. The second kappa shape index (κ2) is 11.7. The molecule has 1 aliphatic heterocycles. The largest absolute Gasteiger partial charge is 0.497 e. The summed E-state index contributed by atoms with van der Waals surface area (Å²) in [7, 11) is 6.33. The maximum atomic E-state index is 12.8. The lowest BCUT2D eigenvalue weighted by molar-refractivity contribution is 0.0961. The van der Waals surface area contributed by atoms with Crippen molar-refractivity contribution >= 4 is 23.9 Å². The summed E-state index contributed by atoms with van der Waals surface area (Å²) in [5.41, 5.74) is 1.74. The minimum Gasteiger partial charge on any atom is -0.497 e. The second-order valence-electron chi connectivity index (χ2n) is 7.12. The Labute approximate surface area is 190 Å². The van der Waals surface area contributed by atoms with Crippen molar-refractivity contribution in [2.24, 2.45) is 0 Å². The van der Waals surface area contributed by atoms with Crippen molar-refractivity contribution in [2.45, 2.75) is 6.42 Å². The third-order valence-electron chi connectivity index (χ3n) is 5.43. The molecule has 1 saturated heterocycles. The van der Waals surface area contributed by atoms with E-state index in [0.717, 1.165) is 38.5 Å². The van der Waals surface area contributed by atoms with Gasteiger partial charge in [-0.3, -0.25) is 9.69 Å². The van der Waals surface area contributed by atoms with Crippen molar-refractivity contribution in [2.75, 3.05) is 66.1 Å². The quantitative estimate of drug-likeness (QED) is 0.541. The van der Waals surface area contributed by atoms with Crippen LogP contribution in [0.25, 0.3) is 0 Å². The van der Waals surface area contributed by atoms with E-state index in [4.69, 9.17) is 18.9 Å². The summed E-state index contributed by atoms with van der Waals surface area (Å²) in [5, 5.41) is 0. The van der Waals surface area contributed by atoms with E-state index in [2.05, 4.69) is 21.9 Å². The molecule has 0 amide bonds. The number of nitrogens with zero attached hydrogens (tertiary/aromatic N) is 2. The predicted molar refractivity (Wildman–Crippen MR) is 124 cm³/mol. The highest BCUT2D eigenvalue weighted by molar-refractivity contribution is 5.97. The van der Waals surface area contributed by atoms with E-state index < -0.39 is 0 Å². The number of piperazine rings is 1. The maximum Gasteiger partial charge on any atom is 0.203 e. The molecule has 0 unspecified atom stereocenters. The van der Waals surface area contributed by atoms with Crippen molar-refractivity contribution in [1.29, 1.82) is 0 Å². The molecule has 0 N–H and O–H groups in total. The van der Waals surface area contributed by atoms with Crippen LogP contribution in [-0.2, 0) is 0 Å². The summed E-state index contributed by atoms with van der Waals surface area (Å²) in [4.78, 5) is 17.4. The van der Waals surface area contributed by atoms with Crippen LogP contribution >= 0.6 is 12.4 Å². The smallest absolute Gasteiger partial charge is 0.203 e. The molecule has 3 rings (SSSR count). The van der Waals surface area contributed by atoms with Crippen LogP contribution < -0.4 is 23.8 Å². The number of hydrogen-bond acceptors (Lipinski definition) is 7. The standard InChI is InChI=1S/C23H30N2O5.ClH/c1-27-19-7-5-6-18(16-19)25-12-10-24(11-13-25)9-8-20(26)17-14-21(28-2)23(30-4)22(15-17)29-3;/h5-7,14-16H,8-13H2,1-4H3;1H. The molecular weight excluding hydrogens is 420 g/mol. The van der Waals surface area contributed by atoms with E-state index in [0.29, 0.717) is 29.2 Å². The van der Waals surface area contributed by atoms with E-state index in [1.54, 1.807) is 40.6 Å². The minimum atomic E-state index is 0. The van der Waals surface area contributed by atoms with Gasteiger partial charge in [0, 0.05) is 56.5 Å². The topological polar surface area (TPSA) is 60.5 Å². The fraction of sp³-hybridized carbons (Fsp3) is 0.435. The Bertz CT molecular complexity index is 844. The van der Waals surface area contributed by atoms with Crippen molar-refractivity contribution < 1.29 is 23.7 Å². The van der Waals surface area contributed by atoms with Gasteiger partial charge in [0.05, 0.1) is 28.4 Å². The number of Topliss-reactive ketones (excluding diaryl/α,β-unsaturated/α-hetero) is 1. The third-order valence-corrected chi connectivity index (χ3v) is 5.43. The number of carbonyl (C=O) groups is 1. The zero-order chi connectivity index (χ0) is 21.5. The van der Waals surface area contributed by atoms with Gasteiger partial charge in [0.1, 0.15) is 5.75 Å². The molecule has 0 aliphatic carbocycles. The zero-order valence-corrected chi connectivity index (χ0v) is 19.4. The van der Waals surface area contributed by atoms with E-state index in [-0.39, 0.29) is 18.2 Å². The van der Waals surface area contributed by atoms with Gasteiger partial charge in [0.15, 0.2) is 17.3 Å². The van der Waals surface area contributed by atoms with Gasteiger partial charge in [0.25, 0.3) is 0 Å². The van der Waals surface area contributed by atoms with Crippen LogP contribution in [-0.4, -0.2) is 71.8 Å². The molecule has 1 aliphatic rings. The summed E-state index contributed by atoms with van der Waals surface area (Å²) in [6, 6.07) is 11.6. The SMILES string of the molecule is COc1cccc(N2CCN(CCC(=O)c3cc(OC)c(OC)c(OC)c3)CC2)c1.Cl. The van der Waals surface area contributed by atoms with Crippen LogP contribution in [0.5, 0.6) is 23.0 Å². The molecule has 0 bridgehead atoms. The number of carbonyl (C=O) groups excluding carboxylic acids is 1. The van der Waals surface area contributed by atoms with Crippen LogP contribution in [0.4, 0.5) is 5.69 Å². The summed E-state index contributed by atoms with van der Waals surface area (Å²) in [6.45, 7) is 4.40. The van der Waals surface area contributed by atoms with Crippen LogP contribution in [0.2, 0.25) is 0 Å². The van der Waals surface area contributed by atoms with Crippen molar-refractivity contribution in [3.63, 3.8) is 0 Å². The van der Waals surface area contributed by atoms with E-state index in [9.17, 15) is 4.79 Å². The number of hydrogen-bond donors (Lipinski definition) is 0. The zero-order valence-electron chi connectivity index (χ0n) is 18.6. The van der Waals surface area contributed by atoms with Crippen molar-refractivity contribution in [3.05, 3.63) is 42.0 Å². The van der Waals surface area contributed by atoms with Gasteiger partial charge in [-0.15, -0.1) is 12.4 Å². The molecule has 2 aromatic rings. The number of ketones is 1. The summed E-state index contributed by atoms with van der Waals surface area (Å²) in [5.74, 6) is 2.40. The Hall–Kier alpha value is -2.64. The Balaban J connectivity index is 0.00000341. The van der Waals surface area contributed by atoms with Gasteiger partial charge >= 0.3 is 0 Å². The molecule has 0 saturated carbocycles. The summed E-state index contributed by atoms with van der Waals surface area (Å²) >= 11 is 0. The average molecular weight is 451 g/mol. The lowest BCUT2D eigenvalue weighted by Crippen LogP contribution is -2.46. The molecule has 0 radical (unpaired) electrons. The predicted octanol–water partition coefficient (Wildman–Crippen LogP) is 3.54. The van der Waals surface area contributed by atoms with Gasteiger partial charge in [-0.2, -0.15) is 0 Å². The lowest BCUT2D eigenvalue weighted by atomic mass is 10.1. The molecule has 1 heterocycles. The van der Waals surface area contributed by atoms with Crippen molar-refractivity contribution in [3.8, 4) is 23.0 Å². The number of methoxy groups -OCH3 is 4. The number of halogens is 1. The third kappa shape index (κ3) is 5.95. The first kappa shape index (κ1) is 24.6. The number of ether oxygens (including phenoxy) is 4. The number of benzene rings is 2. The molecule has 0 atom stereocenters. The Morgan fingerprint density at radius 1 is 0.871 bits per heavy atom. The first-order valence-electron chi connectivity index (χ1n) is 10.0.